The minimum Gasteiger partial charge on any atom is -0.490 e. The zero-order valence-corrected chi connectivity index (χ0v) is 27.4. The molecule has 0 bridgehead atoms. The van der Waals surface area contributed by atoms with Gasteiger partial charge in [-0.05, 0) is 67.4 Å². The van der Waals surface area contributed by atoms with Crippen molar-refractivity contribution in [2.75, 3.05) is 0 Å². The highest BCUT2D eigenvalue weighted by Gasteiger charge is 2.42. The molecule has 5 aromatic rings. The molecule has 1 aliphatic heterocycles. The average Bonchev–Trinajstić information content (AvgIpc) is 3.05. The Kier molecular flexibility index (Phi) is 9.47. The number of rotatable bonds is 9. The molecule has 4 heteroatoms. The molecule has 6 rings (SSSR count). The second kappa shape index (κ2) is 13.8. The predicted molar refractivity (Wildman–Crippen MR) is 188 cm³/mol. The van der Waals surface area contributed by atoms with E-state index in [9.17, 15) is 4.79 Å². The van der Waals surface area contributed by atoms with Crippen molar-refractivity contribution >= 4 is 19.0 Å². The highest BCUT2D eigenvalue weighted by Crippen LogP contribution is 2.68. The van der Waals surface area contributed by atoms with Gasteiger partial charge in [-0.1, -0.05) is 123 Å². The summed E-state index contributed by atoms with van der Waals surface area (Å²) in [5.74, 6) is 2.06. The minimum atomic E-state index is -0.959. The van der Waals surface area contributed by atoms with Crippen molar-refractivity contribution in [3.8, 4) is 33.8 Å². The van der Waals surface area contributed by atoms with E-state index in [1.165, 1.54) is 16.4 Å². The fraction of sp³-hybridized carbons (Fsp3) is 0.244. The maximum atomic E-state index is 13.6. The molecule has 1 aliphatic rings. The number of ketones is 1. The van der Waals surface area contributed by atoms with Crippen LogP contribution in [0.5, 0.6) is 11.5 Å². The van der Waals surface area contributed by atoms with Crippen LogP contribution in [0.4, 0.5) is 0 Å². The molecule has 1 saturated heterocycles. The number of hydrogen-bond acceptors (Lipinski definition) is 3. The van der Waals surface area contributed by atoms with Crippen LogP contribution in [0.2, 0.25) is 0 Å². The lowest BCUT2D eigenvalue weighted by atomic mass is 9.97. The monoisotopic (exact) mass is 612 g/mol. The highest BCUT2D eigenvalue weighted by molar-refractivity contribution is 7.67. The Morgan fingerprint density at radius 2 is 0.889 bits per heavy atom. The number of carbonyl (C=O) groups excluding carboxylic acids is 1. The molecule has 0 N–H and O–H groups in total. The van der Waals surface area contributed by atoms with Gasteiger partial charge in [0.1, 0.15) is 17.3 Å². The van der Waals surface area contributed by atoms with E-state index >= 15 is 0 Å². The third-order valence-electron chi connectivity index (χ3n) is 8.26. The number of benzene rings is 5. The Morgan fingerprint density at radius 3 is 1.31 bits per heavy atom. The lowest BCUT2D eigenvalue weighted by Gasteiger charge is -2.41. The van der Waals surface area contributed by atoms with E-state index in [1.807, 2.05) is 12.1 Å². The summed E-state index contributed by atoms with van der Waals surface area (Å²) in [6, 6.07) is 44.8. The Hall–Kier alpha value is -4.20. The molecule has 2 atom stereocenters. The topological polar surface area (TPSA) is 35.5 Å². The molecular formula is C41H41O3P. The van der Waals surface area contributed by atoms with Crippen LogP contribution in [0.15, 0.2) is 127 Å². The molecule has 0 amide bonds. The van der Waals surface area contributed by atoms with E-state index in [4.69, 9.17) is 9.47 Å². The molecule has 0 aromatic heterocycles. The number of hydrogen-bond donors (Lipinski definition) is 0. The van der Waals surface area contributed by atoms with Crippen LogP contribution < -0.4 is 14.8 Å². The van der Waals surface area contributed by atoms with Gasteiger partial charge in [-0.2, -0.15) is 0 Å². The summed E-state index contributed by atoms with van der Waals surface area (Å²) in [7, 11) is -0.959. The summed E-state index contributed by atoms with van der Waals surface area (Å²) in [4.78, 5) is 13.6. The molecule has 0 radical (unpaired) electrons. The summed E-state index contributed by atoms with van der Waals surface area (Å²) in [6.45, 7) is 8.28. The van der Waals surface area contributed by atoms with Crippen molar-refractivity contribution in [2.24, 2.45) is 0 Å². The van der Waals surface area contributed by atoms with E-state index in [1.54, 1.807) is 0 Å². The van der Waals surface area contributed by atoms with E-state index < -0.39 is 7.92 Å². The Bertz CT molecular complexity index is 1620. The van der Waals surface area contributed by atoms with Crippen LogP contribution in [0, 0.1) is 0 Å². The van der Waals surface area contributed by atoms with Gasteiger partial charge in [-0.25, -0.2) is 0 Å². The second-order valence-corrected chi connectivity index (χ2v) is 14.7. The van der Waals surface area contributed by atoms with E-state index in [0.717, 1.165) is 33.8 Å². The zero-order valence-electron chi connectivity index (χ0n) is 26.5. The standard InChI is InChI=1S/C41H41O3P/c1-28(2)43-37-24-13-11-20-33(37)35-22-15-23-36(34-21-12-14-25-38(34)44-29(3)4)41(35)45-39(30-16-7-5-8-17-30)26-32(42)27-40(45)31-18-9-6-10-19-31/h5-25,28-29,39-40H,26-27H2,1-4H3. The van der Waals surface area contributed by atoms with Crippen molar-refractivity contribution in [3.05, 3.63) is 139 Å². The van der Waals surface area contributed by atoms with Gasteiger partial charge in [-0.15, -0.1) is 0 Å². The van der Waals surface area contributed by atoms with Gasteiger partial charge in [0.05, 0.1) is 12.2 Å². The predicted octanol–water partition coefficient (Wildman–Crippen LogP) is 10.5. The van der Waals surface area contributed by atoms with Gasteiger partial charge < -0.3 is 9.47 Å². The smallest absolute Gasteiger partial charge is 0.134 e. The number of carbonyl (C=O) groups is 1. The van der Waals surface area contributed by atoms with E-state index in [0.29, 0.717) is 18.6 Å². The fourth-order valence-electron chi connectivity index (χ4n) is 6.50. The molecule has 0 saturated carbocycles. The molecule has 0 spiro atoms. The molecule has 1 heterocycles. The minimum absolute atomic E-state index is 0.0325. The first-order valence-electron chi connectivity index (χ1n) is 16.0. The maximum Gasteiger partial charge on any atom is 0.134 e. The summed E-state index contributed by atoms with van der Waals surface area (Å²) in [5, 5.41) is 1.29. The second-order valence-electron chi connectivity index (χ2n) is 12.2. The van der Waals surface area contributed by atoms with Crippen molar-refractivity contribution in [3.63, 3.8) is 0 Å². The Morgan fingerprint density at radius 1 is 0.511 bits per heavy atom. The van der Waals surface area contributed by atoms with Crippen LogP contribution in [-0.2, 0) is 4.79 Å². The van der Waals surface area contributed by atoms with E-state index in [-0.39, 0.29) is 23.5 Å². The number of Topliss-reactive ketones (excluding diaryl/α,β-unsaturated/α-hetero) is 1. The van der Waals surface area contributed by atoms with Gasteiger partial charge in [0.15, 0.2) is 0 Å². The van der Waals surface area contributed by atoms with Crippen molar-refractivity contribution in [2.45, 2.75) is 64.1 Å². The molecule has 45 heavy (non-hydrogen) atoms. The molecular weight excluding hydrogens is 571 g/mol. The third-order valence-corrected chi connectivity index (χ3v) is 11.6. The van der Waals surface area contributed by atoms with Crippen molar-refractivity contribution in [1.82, 2.24) is 0 Å². The average molecular weight is 613 g/mol. The number of para-hydroxylation sites is 2. The lowest BCUT2D eigenvalue weighted by molar-refractivity contribution is -0.119. The van der Waals surface area contributed by atoms with Crippen molar-refractivity contribution in [1.29, 1.82) is 0 Å². The quantitative estimate of drug-likeness (QED) is 0.155. The van der Waals surface area contributed by atoms with Crippen LogP contribution in [0.3, 0.4) is 0 Å². The molecule has 5 aromatic carbocycles. The number of ether oxygens (including phenoxy) is 2. The van der Waals surface area contributed by atoms with Crippen LogP contribution in [0.1, 0.15) is 63.0 Å². The van der Waals surface area contributed by atoms with Gasteiger partial charge in [-0.3, -0.25) is 4.79 Å². The molecule has 1 fully saturated rings. The van der Waals surface area contributed by atoms with Gasteiger partial charge in [0, 0.05) is 35.3 Å². The van der Waals surface area contributed by atoms with Crippen molar-refractivity contribution < 1.29 is 14.3 Å². The van der Waals surface area contributed by atoms with Gasteiger partial charge >= 0.3 is 0 Å². The van der Waals surface area contributed by atoms with Crippen LogP contribution >= 0.6 is 7.92 Å². The van der Waals surface area contributed by atoms with Crippen LogP contribution in [0.25, 0.3) is 22.3 Å². The SMILES string of the molecule is CC(C)Oc1ccccc1-c1cccc(-c2ccccc2OC(C)C)c1P1C(c2ccccc2)CC(=O)CC1c1ccccc1. The van der Waals surface area contributed by atoms with E-state index in [2.05, 4.69) is 143 Å². The summed E-state index contributed by atoms with van der Waals surface area (Å²) in [6.07, 6.45) is 1.12. The lowest BCUT2D eigenvalue weighted by Crippen LogP contribution is -2.26. The van der Waals surface area contributed by atoms with Gasteiger partial charge in [0.2, 0.25) is 0 Å². The Labute approximate surface area is 269 Å². The highest BCUT2D eigenvalue weighted by atomic mass is 31.1. The molecule has 2 unspecified atom stereocenters. The Balaban J connectivity index is 1.69. The van der Waals surface area contributed by atoms with Crippen LogP contribution in [-0.4, -0.2) is 18.0 Å². The first-order chi connectivity index (χ1) is 21.9. The summed E-state index contributed by atoms with van der Waals surface area (Å²) >= 11 is 0. The fourth-order valence-corrected chi connectivity index (χ4v) is 10.3. The summed E-state index contributed by atoms with van der Waals surface area (Å²) < 4.78 is 12.9. The molecule has 3 nitrogen and oxygen atoms in total. The molecule has 228 valence electrons. The van der Waals surface area contributed by atoms with Gasteiger partial charge in [0.25, 0.3) is 0 Å². The normalized spacial score (nSPS) is 18.3. The summed E-state index contributed by atoms with van der Waals surface area (Å²) in [5.41, 5.74) is 7.02. The zero-order chi connectivity index (χ0) is 31.3. The largest absolute Gasteiger partial charge is 0.490 e. The first-order valence-corrected chi connectivity index (χ1v) is 17.4. The third kappa shape index (κ3) is 6.75. The maximum absolute atomic E-state index is 13.6. The first kappa shape index (κ1) is 30.8. The molecule has 0 aliphatic carbocycles.